The Morgan fingerprint density at radius 3 is 1.85 bits per heavy atom. The van der Waals surface area contributed by atoms with Gasteiger partial charge in [0, 0.05) is 17.0 Å². The zero-order valence-corrected chi connectivity index (χ0v) is 15.7. The van der Waals surface area contributed by atoms with Crippen molar-refractivity contribution < 1.29 is 21.8 Å². The van der Waals surface area contributed by atoms with E-state index in [4.69, 9.17) is 4.74 Å². The van der Waals surface area contributed by atoms with Crippen LogP contribution in [0.1, 0.15) is 12.5 Å². The van der Waals surface area contributed by atoms with Crippen molar-refractivity contribution >= 4 is 0 Å². The quantitative estimate of drug-likeness (QED) is 0.603. The van der Waals surface area contributed by atoms with Crippen LogP contribution in [-0.2, 0) is 22.7 Å². The van der Waals surface area contributed by atoms with E-state index in [1.54, 1.807) is 0 Å². The molecule has 2 saturated carbocycles. The van der Waals surface area contributed by atoms with Gasteiger partial charge in [-0.25, -0.2) is 0 Å². The van der Waals surface area contributed by atoms with Crippen LogP contribution in [-0.4, -0.2) is 0 Å². The Morgan fingerprint density at radius 2 is 1.19 bits per heavy atom. The van der Waals surface area contributed by atoms with Crippen LogP contribution < -0.4 is 4.74 Å². The molecule has 26 heavy (non-hydrogen) atoms. The Morgan fingerprint density at radius 1 is 0.654 bits per heavy atom. The molecule has 2 aromatic carbocycles. The zero-order valence-electron chi connectivity index (χ0n) is 14.6. The second-order valence-electron chi connectivity index (χ2n) is 6.31. The second kappa shape index (κ2) is 8.63. The number of fused-ring (bicyclic) bond motifs is 3. The predicted octanol–water partition coefficient (Wildman–Crippen LogP) is 5.39. The molecule has 10 radical (unpaired) electrons. The van der Waals surface area contributed by atoms with Gasteiger partial charge in [0.05, 0.1) is 0 Å². The molecule has 0 bridgehead atoms. The molecule has 2 heteroatoms. The molecule has 0 N–H and O–H groups in total. The minimum Gasteiger partial charge on any atom is -0.482 e. The van der Waals surface area contributed by atoms with E-state index in [2.05, 4.69) is 69.0 Å². The molecule has 0 saturated heterocycles. The van der Waals surface area contributed by atoms with Crippen LogP contribution in [0.2, 0.25) is 0 Å². The van der Waals surface area contributed by atoms with Crippen molar-refractivity contribution in [3.63, 3.8) is 0 Å². The first kappa shape index (κ1) is 19.5. The summed E-state index contributed by atoms with van der Waals surface area (Å²) in [5.41, 5.74) is 3.24. The Bertz CT molecular complexity index is 708. The fourth-order valence-electron chi connectivity index (χ4n) is 3.41. The van der Waals surface area contributed by atoms with E-state index < -0.39 is 5.60 Å². The Labute approximate surface area is 169 Å². The van der Waals surface area contributed by atoms with Gasteiger partial charge in [0.2, 0.25) is 0 Å². The Balaban J connectivity index is 0.000000285. The number of hydrogen-bond acceptors (Lipinski definition) is 1. The van der Waals surface area contributed by atoms with Crippen LogP contribution in [0.5, 0.6) is 5.75 Å². The summed E-state index contributed by atoms with van der Waals surface area (Å²) in [6, 6.07) is 16.8. The maximum absolute atomic E-state index is 6.39. The first-order valence-electron chi connectivity index (χ1n) is 8.56. The molecule has 1 heterocycles. The molecule has 5 rings (SSSR count). The van der Waals surface area contributed by atoms with Crippen LogP contribution in [0.25, 0.3) is 11.1 Å². The molecular weight excluding hydrogens is 360 g/mol. The van der Waals surface area contributed by atoms with Gasteiger partial charge in [0.1, 0.15) is 11.4 Å². The Hall–Kier alpha value is -1.24. The van der Waals surface area contributed by atoms with Crippen LogP contribution in [0.15, 0.2) is 48.5 Å². The third-order valence-electron chi connectivity index (χ3n) is 4.70. The summed E-state index contributed by atoms with van der Waals surface area (Å²) in [5, 5.41) is 0. The molecule has 1 nitrogen and oxygen atoms in total. The molecule has 1 atom stereocenters. The minimum absolute atomic E-state index is 0. The smallest absolute Gasteiger partial charge is 0.482 e. The van der Waals surface area contributed by atoms with Crippen molar-refractivity contribution in [3.8, 4) is 16.9 Å². The minimum atomic E-state index is -0.422. The molecule has 2 fully saturated rings. The zero-order chi connectivity index (χ0) is 17.1. The van der Waals surface area contributed by atoms with Crippen LogP contribution in [0, 0.1) is 63.7 Å². The Kier molecular flexibility index (Phi) is 6.48. The molecule has 1 aliphatic heterocycles. The van der Waals surface area contributed by atoms with Gasteiger partial charge in [0.15, 0.2) is 0 Å². The van der Waals surface area contributed by atoms with Gasteiger partial charge < -0.3 is 4.74 Å². The number of hydrogen-bond donors (Lipinski definition) is 0. The first-order valence-corrected chi connectivity index (χ1v) is 8.56. The summed E-state index contributed by atoms with van der Waals surface area (Å²) >= 11 is 0. The van der Waals surface area contributed by atoms with Crippen molar-refractivity contribution in [2.75, 3.05) is 0 Å². The average molecular weight is 380 g/mol. The summed E-state index contributed by atoms with van der Waals surface area (Å²) in [6.07, 6.45) is 18.4. The topological polar surface area (TPSA) is 9.23 Å². The van der Waals surface area contributed by atoms with Crippen LogP contribution >= 0.6 is 0 Å². The van der Waals surface area contributed by atoms with Crippen molar-refractivity contribution in [3.05, 3.63) is 118 Å². The van der Waals surface area contributed by atoms with Gasteiger partial charge in [-0.1, -0.05) is 42.5 Å². The summed E-state index contributed by atoms with van der Waals surface area (Å²) in [7, 11) is 0. The van der Waals surface area contributed by atoms with Gasteiger partial charge in [-0.05, 0) is 76.3 Å². The van der Waals surface area contributed by atoms with Gasteiger partial charge in [-0.3, -0.25) is 0 Å². The van der Waals surface area contributed by atoms with E-state index >= 15 is 0 Å². The molecule has 0 spiro atoms. The van der Waals surface area contributed by atoms with Crippen molar-refractivity contribution in [2.45, 2.75) is 12.5 Å². The number of benzene rings is 2. The molecule has 2 aromatic rings. The van der Waals surface area contributed by atoms with E-state index in [1.165, 1.54) is 22.6 Å². The third-order valence-corrected chi connectivity index (χ3v) is 4.70. The SMILES string of the molecule is CC1([C]2[CH][CH][CH][CH]2)Oc2ccccc2-c2ccccc21.[CH]1[CH][CH][CH][CH]1.[Fe+2]. The number of ether oxygens (including phenoxy) is 1. The normalized spacial score (nSPS) is 23.7. The molecule has 3 aliphatic rings. The first-order chi connectivity index (χ1) is 12.3. The molecule has 2 aliphatic carbocycles. The van der Waals surface area contributed by atoms with E-state index in [0.29, 0.717) is 0 Å². The number of para-hydroxylation sites is 1. The maximum atomic E-state index is 6.39. The largest absolute Gasteiger partial charge is 2.00 e. The summed E-state index contributed by atoms with van der Waals surface area (Å²) in [4.78, 5) is 0. The predicted molar refractivity (Wildman–Crippen MR) is 102 cm³/mol. The van der Waals surface area contributed by atoms with Gasteiger partial charge in [-0.2, -0.15) is 0 Å². The van der Waals surface area contributed by atoms with Gasteiger partial charge >= 0.3 is 17.1 Å². The van der Waals surface area contributed by atoms with Crippen molar-refractivity contribution in [2.24, 2.45) is 0 Å². The molecular formula is C24H20FeO+2. The monoisotopic (exact) mass is 380 g/mol. The fraction of sp³-hybridized carbons (Fsp3) is 0.0833. The third kappa shape index (κ3) is 3.73. The second-order valence-corrected chi connectivity index (χ2v) is 6.31. The molecule has 0 aromatic heterocycles. The molecule has 0 amide bonds. The van der Waals surface area contributed by atoms with E-state index in [1.807, 2.05) is 44.2 Å². The summed E-state index contributed by atoms with van der Waals surface area (Å²) in [6.45, 7) is 2.15. The maximum Gasteiger partial charge on any atom is 2.00 e. The van der Waals surface area contributed by atoms with E-state index in [9.17, 15) is 0 Å². The average Bonchev–Trinajstić information content (AvgIpc) is 3.38. The fourth-order valence-corrected chi connectivity index (χ4v) is 3.41. The summed E-state index contributed by atoms with van der Waals surface area (Å²) in [5.74, 6) is 2.15. The molecule has 1 unspecified atom stereocenters. The van der Waals surface area contributed by atoms with E-state index in [-0.39, 0.29) is 17.1 Å². The number of rotatable bonds is 1. The van der Waals surface area contributed by atoms with Gasteiger partial charge in [0.25, 0.3) is 0 Å². The van der Waals surface area contributed by atoms with E-state index in [0.717, 1.165) is 5.75 Å². The van der Waals surface area contributed by atoms with Crippen LogP contribution in [0.4, 0.5) is 0 Å². The summed E-state index contributed by atoms with van der Waals surface area (Å²) < 4.78 is 6.39. The van der Waals surface area contributed by atoms with Crippen LogP contribution in [0.3, 0.4) is 0 Å². The van der Waals surface area contributed by atoms with Crippen molar-refractivity contribution in [1.82, 2.24) is 0 Å². The van der Waals surface area contributed by atoms with Gasteiger partial charge in [-0.15, -0.1) is 0 Å². The van der Waals surface area contributed by atoms with Crippen molar-refractivity contribution in [1.29, 1.82) is 0 Å². The standard InChI is InChI=1S/C19H15O.C5H5.Fe/c1-19(14-8-2-3-9-14)17-12-6-4-10-15(17)16-11-5-7-13-18(16)20-19;1-2-4-5-3-1;/h2-13H,1H3;1-5H;/q;;+2. The molecule has 128 valence electrons.